The van der Waals surface area contributed by atoms with Gasteiger partial charge in [-0.1, -0.05) is 23.7 Å². The number of amides is 1. The van der Waals surface area contributed by atoms with Crippen molar-refractivity contribution in [3.8, 4) is 17.0 Å². The van der Waals surface area contributed by atoms with E-state index in [1.54, 1.807) is 23.0 Å². The van der Waals surface area contributed by atoms with Crippen LogP contribution in [0.5, 0.6) is 5.75 Å². The van der Waals surface area contributed by atoms with Crippen LogP contribution in [0.3, 0.4) is 0 Å². The monoisotopic (exact) mass is 468 g/mol. The fourth-order valence-electron chi connectivity index (χ4n) is 3.94. The van der Waals surface area contributed by atoms with E-state index in [1.165, 1.54) is 0 Å². The highest BCUT2D eigenvalue weighted by molar-refractivity contribution is 6.30. The third kappa shape index (κ3) is 6.35. The summed E-state index contributed by atoms with van der Waals surface area (Å²) in [7, 11) is 1.89. The van der Waals surface area contributed by atoms with E-state index >= 15 is 0 Å². The molecule has 3 aromatic rings. The van der Waals surface area contributed by atoms with Crippen LogP contribution in [0.1, 0.15) is 12.5 Å². The average Bonchev–Trinajstić information content (AvgIpc) is 3.22. The maximum Gasteiger partial charge on any atom is 0.228 e. The number of carbonyl (C=O) groups is 1. The number of hydrogen-bond acceptors (Lipinski definition) is 5. The molecule has 1 fully saturated rings. The van der Waals surface area contributed by atoms with Gasteiger partial charge in [-0.05, 0) is 48.9 Å². The average molecular weight is 469 g/mol. The lowest BCUT2D eigenvalue weighted by atomic mass is 10.1. The Morgan fingerprint density at radius 1 is 1.18 bits per heavy atom. The summed E-state index contributed by atoms with van der Waals surface area (Å²) in [5.41, 5.74) is 3.41. The minimum Gasteiger partial charge on any atom is -0.489 e. The molecule has 0 saturated carbocycles. The summed E-state index contributed by atoms with van der Waals surface area (Å²) in [5.74, 6) is 0.665. The van der Waals surface area contributed by atoms with Crippen molar-refractivity contribution in [1.82, 2.24) is 14.7 Å². The van der Waals surface area contributed by atoms with Crippen molar-refractivity contribution in [2.24, 2.45) is 7.05 Å². The van der Waals surface area contributed by atoms with Crippen molar-refractivity contribution in [2.75, 3.05) is 38.2 Å². The lowest BCUT2D eigenvalue weighted by Crippen LogP contribution is -2.41. The zero-order valence-corrected chi connectivity index (χ0v) is 19.7. The van der Waals surface area contributed by atoms with E-state index in [2.05, 4.69) is 22.2 Å². The van der Waals surface area contributed by atoms with Gasteiger partial charge in [0.1, 0.15) is 11.9 Å². The van der Waals surface area contributed by atoms with Crippen LogP contribution in [-0.4, -0.2) is 59.5 Å². The molecule has 0 spiro atoms. The Morgan fingerprint density at radius 3 is 2.64 bits per heavy atom. The summed E-state index contributed by atoms with van der Waals surface area (Å²) in [4.78, 5) is 15.0. The van der Waals surface area contributed by atoms with Gasteiger partial charge in [0.05, 0.1) is 25.3 Å². The van der Waals surface area contributed by atoms with Crippen LogP contribution in [-0.2, 0) is 23.0 Å². The fourth-order valence-corrected chi connectivity index (χ4v) is 4.07. The number of hydrogen-bond donors (Lipinski definition) is 1. The number of morpholine rings is 1. The smallest absolute Gasteiger partial charge is 0.228 e. The van der Waals surface area contributed by atoms with E-state index < -0.39 is 0 Å². The topological polar surface area (TPSA) is 68.6 Å². The number of benzene rings is 2. The quantitative estimate of drug-likeness (QED) is 0.540. The van der Waals surface area contributed by atoms with Crippen LogP contribution in [0.25, 0.3) is 11.3 Å². The molecule has 1 aromatic heterocycles. The third-order valence-corrected chi connectivity index (χ3v) is 5.84. The number of anilines is 1. The van der Waals surface area contributed by atoms with Crippen molar-refractivity contribution in [2.45, 2.75) is 19.4 Å². The van der Waals surface area contributed by atoms with Crippen LogP contribution in [0.15, 0.2) is 54.7 Å². The van der Waals surface area contributed by atoms with Gasteiger partial charge in [-0.3, -0.25) is 14.4 Å². The van der Waals surface area contributed by atoms with Gasteiger partial charge in [-0.2, -0.15) is 5.10 Å². The molecule has 1 aliphatic heterocycles. The molecule has 4 rings (SSSR count). The molecule has 2 aromatic carbocycles. The van der Waals surface area contributed by atoms with Crippen LogP contribution < -0.4 is 10.1 Å². The summed E-state index contributed by atoms with van der Waals surface area (Å²) >= 11 is 5.93. The largest absolute Gasteiger partial charge is 0.489 e. The summed E-state index contributed by atoms with van der Waals surface area (Å²) in [6, 6.07) is 14.9. The van der Waals surface area contributed by atoms with Crippen molar-refractivity contribution < 1.29 is 14.3 Å². The van der Waals surface area contributed by atoms with E-state index in [0.29, 0.717) is 10.7 Å². The van der Waals surface area contributed by atoms with E-state index in [-0.39, 0.29) is 18.4 Å². The van der Waals surface area contributed by atoms with Gasteiger partial charge in [0, 0.05) is 49.2 Å². The van der Waals surface area contributed by atoms with Gasteiger partial charge >= 0.3 is 0 Å². The van der Waals surface area contributed by atoms with Crippen LogP contribution >= 0.6 is 11.6 Å². The van der Waals surface area contributed by atoms with Crippen molar-refractivity contribution in [3.63, 3.8) is 0 Å². The second-order valence-electron chi connectivity index (χ2n) is 8.24. The number of rotatable bonds is 8. The van der Waals surface area contributed by atoms with Crippen molar-refractivity contribution in [1.29, 1.82) is 0 Å². The molecule has 0 bridgehead atoms. The molecule has 7 nitrogen and oxygen atoms in total. The SMILES string of the molecule is CC(CN1CCOCC1)Oc1ccc(NC(=O)Cc2ccc(Cl)cc2)cc1-c1ccnn1C. The number of nitrogens with one attached hydrogen (secondary N) is 1. The number of aromatic nitrogens is 2. The first-order valence-corrected chi connectivity index (χ1v) is 11.5. The van der Waals surface area contributed by atoms with Gasteiger partial charge in [0.2, 0.25) is 5.91 Å². The lowest BCUT2D eigenvalue weighted by molar-refractivity contribution is -0.115. The Hall–Kier alpha value is -2.87. The van der Waals surface area contributed by atoms with Crippen molar-refractivity contribution >= 4 is 23.2 Å². The summed E-state index contributed by atoms with van der Waals surface area (Å²) in [6.45, 7) is 6.26. The van der Waals surface area contributed by atoms with Crippen LogP contribution in [0.2, 0.25) is 5.02 Å². The highest BCUT2D eigenvalue weighted by atomic mass is 35.5. The molecular weight excluding hydrogens is 440 g/mol. The number of carbonyl (C=O) groups excluding carboxylic acids is 1. The molecule has 2 heterocycles. The van der Waals surface area contributed by atoms with Gasteiger partial charge in [0.25, 0.3) is 0 Å². The predicted octanol–water partition coefficient (Wildman–Crippen LogP) is 4.02. The second-order valence-corrected chi connectivity index (χ2v) is 8.68. The highest BCUT2D eigenvalue weighted by Gasteiger charge is 2.18. The first kappa shape index (κ1) is 23.3. The Bertz CT molecular complexity index is 1080. The van der Waals surface area contributed by atoms with Gasteiger partial charge < -0.3 is 14.8 Å². The number of nitrogens with zero attached hydrogens (tertiary/aromatic N) is 3. The normalized spacial score (nSPS) is 15.2. The molecule has 0 radical (unpaired) electrons. The van der Waals surface area contributed by atoms with Crippen molar-refractivity contribution in [3.05, 3.63) is 65.3 Å². The Kier molecular flexibility index (Phi) is 7.65. The minimum atomic E-state index is -0.0948. The fraction of sp³-hybridized carbons (Fsp3) is 0.360. The van der Waals surface area contributed by atoms with E-state index in [4.69, 9.17) is 21.1 Å². The molecule has 8 heteroatoms. The van der Waals surface area contributed by atoms with Crippen LogP contribution in [0.4, 0.5) is 5.69 Å². The molecule has 1 aliphatic rings. The number of halogens is 1. The molecule has 0 aliphatic carbocycles. The number of aryl methyl sites for hydroxylation is 1. The van der Waals surface area contributed by atoms with E-state index in [0.717, 1.165) is 55.4 Å². The molecule has 1 N–H and O–H groups in total. The summed E-state index contributed by atoms with van der Waals surface area (Å²) in [6.07, 6.45) is 2.02. The Morgan fingerprint density at radius 2 is 1.94 bits per heavy atom. The second kappa shape index (κ2) is 10.8. The molecule has 1 atom stereocenters. The first-order chi connectivity index (χ1) is 16.0. The predicted molar refractivity (Wildman–Crippen MR) is 130 cm³/mol. The van der Waals surface area contributed by atoms with Gasteiger partial charge in [-0.25, -0.2) is 0 Å². The van der Waals surface area contributed by atoms with Gasteiger partial charge in [-0.15, -0.1) is 0 Å². The van der Waals surface area contributed by atoms with Crippen LogP contribution in [0, 0.1) is 0 Å². The zero-order valence-electron chi connectivity index (χ0n) is 19.0. The molecular formula is C25H29ClN4O3. The minimum absolute atomic E-state index is 0.000392. The highest BCUT2D eigenvalue weighted by Crippen LogP contribution is 2.33. The zero-order chi connectivity index (χ0) is 23.2. The first-order valence-electron chi connectivity index (χ1n) is 11.1. The maximum absolute atomic E-state index is 12.6. The summed E-state index contributed by atoms with van der Waals surface area (Å²) in [5, 5.41) is 7.95. The van der Waals surface area contributed by atoms with E-state index in [9.17, 15) is 4.79 Å². The lowest BCUT2D eigenvalue weighted by Gasteiger charge is -2.29. The molecule has 1 amide bonds. The molecule has 1 unspecified atom stereocenters. The standard InChI is InChI=1S/C25H29ClN4O3/c1-18(17-30-11-13-32-14-12-30)33-24-8-7-21(16-22(24)23-9-10-27-29(23)2)28-25(31)15-19-3-5-20(26)6-4-19/h3-10,16,18H,11-15,17H2,1-2H3,(H,28,31). The molecule has 174 valence electrons. The maximum atomic E-state index is 12.6. The third-order valence-electron chi connectivity index (χ3n) is 5.59. The van der Waals surface area contributed by atoms with Gasteiger partial charge in [0.15, 0.2) is 0 Å². The molecule has 1 saturated heterocycles. The Labute approximate surface area is 199 Å². The van der Waals surface area contributed by atoms with E-state index in [1.807, 2.05) is 43.4 Å². The summed E-state index contributed by atoms with van der Waals surface area (Å²) < 4.78 is 13.6. The number of ether oxygens (including phenoxy) is 2. The Balaban J connectivity index is 1.49. The molecule has 33 heavy (non-hydrogen) atoms.